The summed E-state index contributed by atoms with van der Waals surface area (Å²) >= 11 is 0. The van der Waals surface area contributed by atoms with Gasteiger partial charge in [0.15, 0.2) is 0 Å². The molecule has 0 atom stereocenters. The maximum atomic E-state index is 13.6. The zero-order valence-corrected chi connectivity index (χ0v) is 20.7. The van der Waals surface area contributed by atoms with Crippen molar-refractivity contribution in [1.29, 1.82) is 0 Å². The summed E-state index contributed by atoms with van der Waals surface area (Å²) in [5.41, 5.74) is -1.16. The Kier molecular flexibility index (Phi) is 7.86. The van der Waals surface area contributed by atoms with Crippen LogP contribution in [0.15, 0.2) is 95.9 Å². The predicted octanol–water partition coefficient (Wildman–Crippen LogP) is 6.40. The van der Waals surface area contributed by atoms with Crippen LogP contribution in [0.25, 0.3) is 10.8 Å². The minimum atomic E-state index is -4.64. The molecule has 198 valence electrons. The number of anilines is 2. The van der Waals surface area contributed by atoms with Crippen LogP contribution >= 0.6 is 0 Å². The summed E-state index contributed by atoms with van der Waals surface area (Å²) in [7, 11) is -4.07. The summed E-state index contributed by atoms with van der Waals surface area (Å²) in [6.45, 7) is -0.120. The van der Waals surface area contributed by atoms with Gasteiger partial charge in [-0.25, -0.2) is 17.6 Å². The highest BCUT2D eigenvalue weighted by atomic mass is 32.2. The molecule has 0 spiro atoms. The van der Waals surface area contributed by atoms with Crippen molar-refractivity contribution in [2.24, 2.45) is 0 Å². The first-order chi connectivity index (χ1) is 18.1. The average Bonchev–Trinajstić information content (AvgIpc) is 2.88. The lowest BCUT2D eigenvalue weighted by atomic mass is 10.1. The first-order valence-electron chi connectivity index (χ1n) is 11.5. The lowest BCUT2D eigenvalue weighted by Crippen LogP contribution is -2.35. The number of benzene rings is 4. The maximum absolute atomic E-state index is 13.6. The van der Waals surface area contributed by atoms with Crippen LogP contribution in [0.2, 0.25) is 0 Å². The fourth-order valence-electron chi connectivity index (χ4n) is 3.88. The zero-order valence-electron chi connectivity index (χ0n) is 19.9. The van der Waals surface area contributed by atoms with E-state index in [1.165, 1.54) is 30.3 Å². The number of alkyl halides is 3. The zero-order chi connectivity index (χ0) is 27.3. The number of hydrogen-bond donors (Lipinski definition) is 2. The number of hydrogen-bond acceptors (Lipinski definition) is 3. The highest BCUT2D eigenvalue weighted by Gasteiger charge is 2.33. The Bertz CT molecular complexity index is 1540. The van der Waals surface area contributed by atoms with Crippen LogP contribution in [0, 0.1) is 5.82 Å². The summed E-state index contributed by atoms with van der Waals surface area (Å²) in [5.74, 6) is -0.533. The van der Waals surface area contributed by atoms with Gasteiger partial charge in [0.05, 0.1) is 21.8 Å². The smallest absolute Gasteiger partial charge is 0.338 e. The lowest BCUT2D eigenvalue weighted by molar-refractivity contribution is -0.136. The van der Waals surface area contributed by atoms with E-state index < -0.39 is 39.3 Å². The van der Waals surface area contributed by atoms with Crippen molar-refractivity contribution in [3.63, 3.8) is 0 Å². The van der Waals surface area contributed by atoms with E-state index in [1.807, 2.05) is 12.1 Å². The molecule has 0 unspecified atom stereocenters. The fraction of sp³-hybridized carbons (Fsp3) is 0.148. The molecule has 0 heterocycles. The number of rotatable bonds is 8. The van der Waals surface area contributed by atoms with E-state index in [2.05, 4.69) is 10.6 Å². The second-order valence-electron chi connectivity index (χ2n) is 8.34. The van der Waals surface area contributed by atoms with Crippen molar-refractivity contribution in [2.75, 3.05) is 22.7 Å². The van der Waals surface area contributed by atoms with Crippen LogP contribution in [-0.2, 0) is 16.2 Å². The molecule has 0 aliphatic rings. The number of urea groups is 1. The molecule has 0 aliphatic carbocycles. The molecule has 0 fully saturated rings. The average molecular weight is 546 g/mol. The topological polar surface area (TPSA) is 78.5 Å². The second-order valence-corrected chi connectivity index (χ2v) is 10.2. The molecule has 0 bridgehead atoms. The number of nitrogens with one attached hydrogen (secondary N) is 2. The number of carbonyl (C=O) groups excluding carboxylic acids is 1. The summed E-state index contributed by atoms with van der Waals surface area (Å²) in [5, 5.41) is 6.20. The van der Waals surface area contributed by atoms with Gasteiger partial charge >= 0.3 is 12.2 Å². The summed E-state index contributed by atoms with van der Waals surface area (Å²) in [4.78, 5) is 12.3. The number of amides is 2. The molecule has 0 aromatic heterocycles. The van der Waals surface area contributed by atoms with Gasteiger partial charge in [-0.1, -0.05) is 42.5 Å². The van der Waals surface area contributed by atoms with Gasteiger partial charge in [0.1, 0.15) is 5.82 Å². The number of halogens is 4. The van der Waals surface area contributed by atoms with E-state index in [0.717, 1.165) is 39.3 Å². The van der Waals surface area contributed by atoms with Crippen molar-refractivity contribution < 1.29 is 30.8 Å². The Labute approximate surface area is 216 Å². The quantitative estimate of drug-likeness (QED) is 0.199. The number of sulfonamides is 1. The van der Waals surface area contributed by atoms with Gasteiger partial charge in [-0.05, 0) is 65.7 Å². The number of fused-ring (bicyclic) bond motifs is 1. The minimum absolute atomic E-state index is 0.0368. The van der Waals surface area contributed by atoms with Crippen LogP contribution in [-0.4, -0.2) is 27.5 Å². The van der Waals surface area contributed by atoms with Crippen LogP contribution in [0.5, 0.6) is 0 Å². The summed E-state index contributed by atoms with van der Waals surface area (Å²) in [6.07, 6.45) is -4.52. The van der Waals surface area contributed by atoms with E-state index in [1.54, 1.807) is 24.3 Å². The van der Waals surface area contributed by atoms with Crippen molar-refractivity contribution in [3.8, 4) is 0 Å². The molecule has 2 amide bonds. The minimum Gasteiger partial charge on any atom is -0.338 e. The van der Waals surface area contributed by atoms with Crippen molar-refractivity contribution >= 4 is 38.2 Å². The Balaban J connectivity index is 1.48. The van der Waals surface area contributed by atoms with Crippen LogP contribution in [0.4, 0.5) is 33.7 Å². The van der Waals surface area contributed by atoms with Gasteiger partial charge < -0.3 is 10.6 Å². The molecule has 0 radical (unpaired) electrons. The fourth-order valence-corrected chi connectivity index (χ4v) is 5.42. The van der Waals surface area contributed by atoms with E-state index in [9.17, 15) is 30.8 Å². The van der Waals surface area contributed by atoms with Crippen molar-refractivity contribution in [3.05, 3.63) is 102 Å². The highest BCUT2D eigenvalue weighted by molar-refractivity contribution is 7.92. The third-order valence-corrected chi connectivity index (χ3v) is 7.55. The number of carbonyl (C=O) groups is 1. The largest absolute Gasteiger partial charge is 0.418 e. The Hall–Kier alpha value is -4.12. The van der Waals surface area contributed by atoms with E-state index in [-0.39, 0.29) is 30.1 Å². The molecule has 0 aliphatic heterocycles. The molecular weight excluding hydrogens is 522 g/mol. The predicted molar refractivity (Wildman–Crippen MR) is 138 cm³/mol. The highest BCUT2D eigenvalue weighted by Crippen LogP contribution is 2.34. The number of nitrogens with zero attached hydrogens (tertiary/aromatic N) is 1. The third kappa shape index (κ3) is 6.23. The molecule has 4 aromatic rings. The van der Waals surface area contributed by atoms with Crippen LogP contribution in [0.3, 0.4) is 0 Å². The second kappa shape index (κ2) is 11.1. The molecule has 6 nitrogen and oxygen atoms in total. The summed E-state index contributed by atoms with van der Waals surface area (Å²) in [6, 6.07) is 20.6. The molecular formula is C27H23F4N3O3S. The summed E-state index contributed by atoms with van der Waals surface area (Å²) < 4.78 is 81.3. The molecule has 38 heavy (non-hydrogen) atoms. The molecule has 0 saturated carbocycles. The maximum Gasteiger partial charge on any atom is 0.418 e. The van der Waals surface area contributed by atoms with Gasteiger partial charge in [0.2, 0.25) is 0 Å². The monoisotopic (exact) mass is 545 g/mol. The number of para-hydroxylation sites is 1. The first kappa shape index (κ1) is 26.9. The van der Waals surface area contributed by atoms with E-state index >= 15 is 0 Å². The SMILES string of the molecule is O=C(NCCCN(c1ccc(F)cc1)S(=O)(=O)c1ccc2ccccc2c1)Nc1ccccc1C(F)(F)F. The molecule has 0 saturated heterocycles. The van der Waals surface area contributed by atoms with E-state index in [0.29, 0.717) is 0 Å². The lowest BCUT2D eigenvalue weighted by Gasteiger charge is -2.25. The molecule has 11 heteroatoms. The van der Waals surface area contributed by atoms with Crippen molar-refractivity contribution in [2.45, 2.75) is 17.5 Å². The first-order valence-corrected chi connectivity index (χ1v) is 13.0. The molecule has 2 N–H and O–H groups in total. The Morgan fingerprint density at radius 3 is 2.21 bits per heavy atom. The van der Waals surface area contributed by atoms with Gasteiger partial charge in [0.25, 0.3) is 10.0 Å². The van der Waals surface area contributed by atoms with Gasteiger partial charge in [-0.3, -0.25) is 4.31 Å². The van der Waals surface area contributed by atoms with Gasteiger partial charge in [0, 0.05) is 13.1 Å². The van der Waals surface area contributed by atoms with Crippen molar-refractivity contribution in [1.82, 2.24) is 5.32 Å². The van der Waals surface area contributed by atoms with Crippen LogP contribution < -0.4 is 14.9 Å². The normalized spacial score (nSPS) is 11.8. The molecule has 4 rings (SSSR count). The Morgan fingerprint density at radius 1 is 0.842 bits per heavy atom. The van der Waals surface area contributed by atoms with Gasteiger partial charge in [-0.15, -0.1) is 0 Å². The van der Waals surface area contributed by atoms with E-state index in [4.69, 9.17) is 0 Å². The van der Waals surface area contributed by atoms with Crippen LogP contribution in [0.1, 0.15) is 12.0 Å². The molecule has 4 aromatic carbocycles. The third-order valence-electron chi connectivity index (χ3n) is 5.73. The van der Waals surface area contributed by atoms with Gasteiger partial charge in [-0.2, -0.15) is 13.2 Å². The standard InChI is InChI=1S/C27H23F4N3O3S/c28-21-11-13-22(14-12-21)34(38(36,37)23-15-10-19-6-1-2-7-20(19)18-23)17-5-16-32-26(35)33-25-9-4-3-8-24(25)27(29,30)31/h1-4,6-15,18H,5,16-17H2,(H2,32,33,35). The Morgan fingerprint density at radius 2 is 1.50 bits per heavy atom.